The molecule has 1 unspecified atom stereocenters. The summed E-state index contributed by atoms with van der Waals surface area (Å²) in [7, 11) is 0. The van der Waals surface area contributed by atoms with E-state index in [4.69, 9.17) is 0 Å². The van der Waals surface area contributed by atoms with E-state index in [1.165, 1.54) is 0 Å². The molecule has 5 rings (SSSR count). The standard InChI is InChI=1S/C19H15F6N7O/c1-17-2-4-26-12-10(17)13(30-16(17)33)29-14(28-12)11-9-6-8(20)7-27-15(9)32(31-11)5-3-18(21,22)19(23,24)25/h6-7H,2-5H2,1H3,(H2,26,28,29,30,33). The molecule has 3 aromatic rings. The van der Waals surface area contributed by atoms with E-state index in [-0.39, 0.29) is 34.3 Å². The van der Waals surface area contributed by atoms with Gasteiger partial charge in [-0.15, -0.1) is 0 Å². The number of carbonyl (C=O) groups is 1. The van der Waals surface area contributed by atoms with Crippen LogP contribution in [-0.2, 0) is 16.8 Å². The maximum atomic E-state index is 13.9. The highest BCUT2D eigenvalue weighted by Crippen LogP contribution is 2.46. The second kappa shape index (κ2) is 6.78. The van der Waals surface area contributed by atoms with E-state index in [0.717, 1.165) is 16.9 Å². The molecule has 0 aromatic carbocycles. The summed E-state index contributed by atoms with van der Waals surface area (Å²) in [5, 5.41) is 9.85. The van der Waals surface area contributed by atoms with E-state index in [1.54, 1.807) is 6.92 Å². The zero-order chi connectivity index (χ0) is 23.8. The first-order chi connectivity index (χ1) is 15.4. The third kappa shape index (κ3) is 3.18. The number of aromatic nitrogens is 5. The van der Waals surface area contributed by atoms with Gasteiger partial charge in [0.2, 0.25) is 5.91 Å². The minimum Gasteiger partial charge on any atom is -0.370 e. The van der Waals surface area contributed by atoms with E-state index in [1.807, 2.05) is 0 Å². The van der Waals surface area contributed by atoms with Gasteiger partial charge < -0.3 is 10.6 Å². The van der Waals surface area contributed by atoms with E-state index in [2.05, 4.69) is 30.7 Å². The summed E-state index contributed by atoms with van der Waals surface area (Å²) in [5.41, 5.74) is -0.432. The van der Waals surface area contributed by atoms with Crippen molar-refractivity contribution >= 4 is 28.6 Å². The molecule has 2 aliphatic rings. The molecule has 1 amide bonds. The minimum atomic E-state index is -5.72. The summed E-state index contributed by atoms with van der Waals surface area (Å²) in [5.74, 6) is -5.46. The van der Waals surface area contributed by atoms with Crippen LogP contribution in [0.5, 0.6) is 0 Å². The summed E-state index contributed by atoms with van der Waals surface area (Å²) in [6.45, 7) is 1.36. The number of amides is 1. The quantitative estimate of drug-likeness (QED) is 0.564. The van der Waals surface area contributed by atoms with Crippen molar-refractivity contribution in [2.45, 2.75) is 43.8 Å². The molecule has 0 fully saturated rings. The molecule has 3 aromatic heterocycles. The van der Waals surface area contributed by atoms with Crippen LogP contribution in [0.3, 0.4) is 0 Å². The maximum Gasteiger partial charge on any atom is 0.453 e. The Bertz CT molecular complexity index is 1300. The van der Waals surface area contributed by atoms with E-state index in [9.17, 15) is 31.1 Å². The summed E-state index contributed by atoms with van der Waals surface area (Å²) >= 11 is 0. The van der Waals surface area contributed by atoms with Crippen LogP contribution < -0.4 is 10.6 Å². The van der Waals surface area contributed by atoms with Gasteiger partial charge in [-0.3, -0.25) is 4.79 Å². The molecule has 8 nitrogen and oxygen atoms in total. The van der Waals surface area contributed by atoms with Crippen molar-refractivity contribution in [1.82, 2.24) is 24.7 Å². The zero-order valence-corrected chi connectivity index (χ0v) is 16.9. The Balaban J connectivity index is 1.61. The number of pyridine rings is 1. The third-order valence-electron chi connectivity index (χ3n) is 5.93. The number of nitrogens with zero attached hydrogens (tertiary/aromatic N) is 5. The van der Waals surface area contributed by atoms with Crippen LogP contribution in [0.2, 0.25) is 0 Å². The highest BCUT2D eigenvalue weighted by atomic mass is 19.4. The van der Waals surface area contributed by atoms with Gasteiger partial charge in [-0.25, -0.2) is 24.0 Å². The molecule has 0 saturated carbocycles. The molecule has 2 N–H and O–H groups in total. The van der Waals surface area contributed by atoms with E-state index in [0.29, 0.717) is 24.3 Å². The first-order valence-electron chi connectivity index (χ1n) is 9.85. The summed E-state index contributed by atoms with van der Waals surface area (Å²) in [6.07, 6.45) is -5.99. The minimum absolute atomic E-state index is 0.0281. The first kappa shape index (κ1) is 21.4. The van der Waals surface area contributed by atoms with Crippen LogP contribution in [0.25, 0.3) is 22.6 Å². The van der Waals surface area contributed by atoms with Gasteiger partial charge in [-0.05, 0) is 19.4 Å². The van der Waals surface area contributed by atoms with Crippen molar-refractivity contribution < 1.29 is 31.1 Å². The molecule has 174 valence electrons. The van der Waals surface area contributed by atoms with Crippen molar-refractivity contribution in [2.24, 2.45) is 0 Å². The van der Waals surface area contributed by atoms with Crippen LogP contribution in [-0.4, -0.2) is 49.3 Å². The fourth-order valence-corrected chi connectivity index (χ4v) is 4.08. The second-order valence-electron chi connectivity index (χ2n) is 8.13. The van der Waals surface area contributed by atoms with Gasteiger partial charge in [-0.2, -0.15) is 27.1 Å². The lowest BCUT2D eigenvalue weighted by atomic mass is 9.79. The molecule has 0 bridgehead atoms. The van der Waals surface area contributed by atoms with Crippen LogP contribution in [0.1, 0.15) is 25.3 Å². The number of fused-ring (bicyclic) bond motifs is 1. The Kier molecular flexibility index (Phi) is 4.39. The van der Waals surface area contributed by atoms with Gasteiger partial charge in [0.15, 0.2) is 11.5 Å². The Morgan fingerprint density at radius 2 is 1.91 bits per heavy atom. The number of anilines is 2. The van der Waals surface area contributed by atoms with Gasteiger partial charge in [-0.1, -0.05) is 0 Å². The average Bonchev–Trinajstić information content (AvgIpc) is 3.21. The van der Waals surface area contributed by atoms with Crippen LogP contribution in [0.15, 0.2) is 12.3 Å². The van der Waals surface area contributed by atoms with Gasteiger partial charge >= 0.3 is 12.1 Å². The van der Waals surface area contributed by atoms with Gasteiger partial charge in [0.1, 0.15) is 23.1 Å². The summed E-state index contributed by atoms with van der Waals surface area (Å²) < 4.78 is 79.4. The van der Waals surface area contributed by atoms with Crippen molar-refractivity contribution in [2.75, 3.05) is 17.2 Å². The van der Waals surface area contributed by atoms with Crippen molar-refractivity contribution in [1.29, 1.82) is 0 Å². The molecule has 2 aliphatic heterocycles. The van der Waals surface area contributed by atoms with Crippen molar-refractivity contribution in [3.8, 4) is 11.5 Å². The largest absolute Gasteiger partial charge is 0.453 e. The van der Waals surface area contributed by atoms with Gasteiger partial charge in [0.25, 0.3) is 0 Å². The molecule has 0 spiro atoms. The second-order valence-corrected chi connectivity index (χ2v) is 8.13. The monoisotopic (exact) mass is 471 g/mol. The van der Waals surface area contributed by atoms with Gasteiger partial charge in [0.05, 0.1) is 22.6 Å². The normalized spacial score (nSPS) is 20.0. The topological polar surface area (TPSA) is 97.6 Å². The molecule has 0 radical (unpaired) electrons. The predicted molar refractivity (Wildman–Crippen MR) is 103 cm³/mol. The lowest BCUT2D eigenvalue weighted by Crippen LogP contribution is -2.37. The Morgan fingerprint density at radius 3 is 2.64 bits per heavy atom. The molecule has 33 heavy (non-hydrogen) atoms. The smallest absolute Gasteiger partial charge is 0.370 e. The molecule has 5 heterocycles. The zero-order valence-electron chi connectivity index (χ0n) is 16.9. The van der Waals surface area contributed by atoms with Gasteiger partial charge in [0, 0.05) is 19.5 Å². The molecule has 0 aliphatic carbocycles. The van der Waals surface area contributed by atoms with Crippen LogP contribution >= 0.6 is 0 Å². The first-order valence-corrected chi connectivity index (χ1v) is 9.85. The van der Waals surface area contributed by atoms with E-state index < -0.39 is 36.3 Å². The molecular formula is C19H15F6N7O. The fraction of sp³-hybridized carbons (Fsp3) is 0.421. The highest BCUT2D eigenvalue weighted by Gasteiger charge is 2.57. The highest BCUT2D eigenvalue weighted by molar-refractivity contribution is 6.07. The summed E-state index contributed by atoms with van der Waals surface area (Å²) in [6, 6.07) is 1.02. The van der Waals surface area contributed by atoms with Crippen molar-refractivity contribution in [3.05, 3.63) is 23.6 Å². The average molecular weight is 471 g/mol. The number of aryl methyl sites for hydroxylation is 1. The number of hydrogen-bond acceptors (Lipinski definition) is 6. The van der Waals surface area contributed by atoms with E-state index >= 15 is 0 Å². The number of rotatable bonds is 4. The van der Waals surface area contributed by atoms with Crippen LogP contribution in [0, 0.1) is 5.82 Å². The molecule has 14 heteroatoms. The lowest BCUT2D eigenvalue weighted by molar-refractivity contribution is -0.285. The van der Waals surface area contributed by atoms with Crippen LogP contribution in [0.4, 0.5) is 38.0 Å². The number of halogens is 6. The maximum absolute atomic E-state index is 13.9. The lowest BCUT2D eigenvalue weighted by Gasteiger charge is -2.28. The third-order valence-corrected chi connectivity index (χ3v) is 5.93. The Hall–Kier alpha value is -3.45. The number of hydrogen-bond donors (Lipinski definition) is 2. The number of nitrogens with one attached hydrogen (secondary N) is 2. The predicted octanol–water partition coefficient (Wildman–Crippen LogP) is 3.64. The number of carbonyl (C=O) groups excluding carboxylic acids is 1. The molecule has 1 atom stereocenters. The molecular weight excluding hydrogens is 456 g/mol. The van der Waals surface area contributed by atoms with Crippen molar-refractivity contribution in [3.63, 3.8) is 0 Å². The Morgan fingerprint density at radius 1 is 1.18 bits per heavy atom. The number of alkyl halides is 5. The summed E-state index contributed by atoms with van der Waals surface area (Å²) in [4.78, 5) is 25.0. The SMILES string of the molecule is CC12CCNc3nc(-c4nn(CCC(F)(F)C(F)(F)F)c5ncc(F)cc45)nc(c31)NC2=O. The fourth-order valence-electron chi connectivity index (χ4n) is 4.08. The molecule has 0 saturated heterocycles. The Labute approximate surface area is 181 Å².